The average Bonchev–Trinajstić information content (AvgIpc) is 1.99. The Morgan fingerprint density at radius 2 is 1.80 bits per heavy atom. The molecule has 0 spiro atoms. The highest BCUT2D eigenvalue weighted by atomic mass is 35.5. The van der Waals surface area contributed by atoms with Gasteiger partial charge in [-0.25, -0.2) is 4.39 Å². The molecule has 0 saturated heterocycles. The Hall–Kier alpha value is -0.510. The molecule has 0 aliphatic heterocycles. The minimum Gasteiger partial charge on any atom is -0.389 e. The van der Waals surface area contributed by atoms with Gasteiger partial charge in [0.05, 0.1) is 21.3 Å². The second kappa shape index (κ2) is 4.56. The highest BCUT2D eigenvalue weighted by Crippen LogP contribution is 2.31. The lowest BCUT2D eigenvalue weighted by Gasteiger charge is -2.19. The van der Waals surface area contributed by atoms with E-state index in [1.807, 2.05) is 0 Å². The fraction of sp³-hybridized carbons (Fsp3) is 0.400. The molecule has 0 aliphatic rings. The highest BCUT2D eigenvalue weighted by molar-refractivity contribution is 6.39. The molecule has 1 aromatic carbocycles. The van der Waals surface area contributed by atoms with E-state index in [9.17, 15) is 9.50 Å². The summed E-state index contributed by atoms with van der Waals surface area (Å²) in [6.07, 6.45) is 0. The lowest BCUT2D eigenvalue weighted by Crippen LogP contribution is -2.29. The topological polar surface area (TPSA) is 32.3 Å². The Labute approximate surface area is 98.0 Å². The molecule has 0 fully saturated rings. The SMILES string of the molecule is CC(C)(O)CNc1c(Cl)cc(F)cc1Cl. The lowest BCUT2D eigenvalue weighted by molar-refractivity contribution is 0.0945. The van der Waals surface area contributed by atoms with Gasteiger partial charge in [0, 0.05) is 6.54 Å². The first-order chi connectivity index (χ1) is 6.79. The first-order valence-electron chi connectivity index (χ1n) is 4.40. The highest BCUT2D eigenvalue weighted by Gasteiger charge is 2.14. The molecule has 0 bridgehead atoms. The maximum absolute atomic E-state index is 12.8. The van der Waals surface area contributed by atoms with E-state index in [0.717, 1.165) is 0 Å². The van der Waals surface area contributed by atoms with Gasteiger partial charge in [0.1, 0.15) is 5.82 Å². The monoisotopic (exact) mass is 251 g/mol. The van der Waals surface area contributed by atoms with E-state index >= 15 is 0 Å². The summed E-state index contributed by atoms with van der Waals surface area (Å²) in [5.41, 5.74) is -0.456. The zero-order valence-corrected chi connectivity index (χ0v) is 9.95. The molecule has 2 N–H and O–H groups in total. The molecule has 0 heterocycles. The van der Waals surface area contributed by atoms with Gasteiger partial charge in [0.15, 0.2) is 0 Å². The second-order valence-electron chi connectivity index (χ2n) is 3.91. The van der Waals surface area contributed by atoms with Crippen molar-refractivity contribution in [1.29, 1.82) is 0 Å². The number of aliphatic hydroxyl groups is 1. The third-order valence-corrected chi connectivity index (χ3v) is 2.30. The van der Waals surface area contributed by atoms with Crippen LogP contribution in [0.2, 0.25) is 10.0 Å². The summed E-state index contributed by atoms with van der Waals surface area (Å²) in [5, 5.41) is 12.8. The van der Waals surface area contributed by atoms with E-state index in [2.05, 4.69) is 5.32 Å². The van der Waals surface area contributed by atoms with Crippen LogP contribution in [0.15, 0.2) is 12.1 Å². The third kappa shape index (κ3) is 3.86. The Morgan fingerprint density at radius 1 is 1.33 bits per heavy atom. The summed E-state index contributed by atoms with van der Waals surface area (Å²) in [7, 11) is 0. The first kappa shape index (κ1) is 12.6. The molecule has 84 valence electrons. The second-order valence-corrected chi connectivity index (χ2v) is 4.72. The number of halogens is 3. The molecule has 0 unspecified atom stereocenters. The van der Waals surface area contributed by atoms with Gasteiger partial charge in [0.25, 0.3) is 0 Å². The largest absolute Gasteiger partial charge is 0.389 e. The van der Waals surface area contributed by atoms with E-state index in [0.29, 0.717) is 5.69 Å². The molecular weight excluding hydrogens is 240 g/mol. The minimum atomic E-state index is -0.888. The molecule has 0 radical (unpaired) electrons. The fourth-order valence-electron chi connectivity index (χ4n) is 1.02. The van der Waals surface area contributed by atoms with Crippen LogP contribution in [0.1, 0.15) is 13.8 Å². The van der Waals surface area contributed by atoms with Crippen LogP contribution in [0, 0.1) is 5.82 Å². The van der Waals surface area contributed by atoms with Crippen molar-refractivity contribution in [3.63, 3.8) is 0 Å². The van der Waals surface area contributed by atoms with Crippen LogP contribution in [0.4, 0.5) is 10.1 Å². The van der Waals surface area contributed by atoms with Crippen LogP contribution in [-0.4, -0.2) is 17.3 Å². The molecule has 0 atom stereocenters. The van der Waals surface area contributed by atoms with Crippen molar-refractivity contribution in [2.24, 2.45) is 0 Å². The Morgan fingerprint density at radius 3 is 2.20 bits per heavy atom. The quantitative estimate of drug-likeness (QED) is 0.864. The van der Waals surface area contributed by atoms with Gasteiger partial charge >= 0.3 is 0 Å². The van der Waals surface area contributed by atoms with Crippen LogP contribution in [0.5, 0.6) is 0 Å². The molecule has 2 nitrogen and oxygen atoms in total. The number of anilines is 1. The zero-order chi connectivity index (χ0) is 11.6. The van der Waals surface area contributed by atoms with Crippen LogP contribution < -0.4 is 5.32 Å². The lowest BCUT2D eigenvalue weighted by atomic mass is 10.1. The van der Waals surface area contributed by atoms with Crippen molar-refractivity contribution in [3.8, 4) is 0 Å². The number of hydrogen-bond donors (Lipinski definition) is 2. The maximum atomic E-state index is 12.8. The summed E-state index contributed by atoms with van der Waals surface area (Å²) in [6, 6.07) is 2.33. The molecular formula is C10H12Cl2FNO. The summed E-state index contributed by atoms with van der Waals surface area (Å²) >= 11 is 11.6. The molecule has 15 heavy (non-hydrogen) atoms. The number of benzene rings is 1. The van der Waals surface area contributed by atoms with Crippen LogP contribution in [0.3, 0.4) is 0 Å². The zero-order valence-electron chi connectivity index (χ0n) is 8.44. The summed E-state index contributed by atoms with van der Waals surface area (Å²) < 4.78 is 12.8. The number of nitrogens with one attached hydrogen (secondary N) is 1. The van der Waals surface area contributed by atoms with Crippen LogP contribution >= 0.6 is 23.2 Å². The van der Waals surface area contributed by atoms with Gasteiger partial charge in [-0.05, 0) is 26.0 Å². The third-order valence-electron chi connectivity index (χ3n) is 1.70. The van der Waals surface area contributed by atoms with Crippen LogP contribution in [0.25, 0.3) is 0 Å². The molecule has 0 aromatic heterocycles. The predicted octanol–water partition coefficient (Wildman–Crippen LogP) is 3.32. The van der Waals surface area contributed by atoms with Gasteiger partial charge in [-0.2, -0.15) is 0 Å². The van der Waals surface area contributed by atoms with Crippen molar-refractivity contribution in [2.45, 2.75) is 19.4 Å². The smallest absolute Gasteiger partial charge is 0.126 e. The van der Waals surface area contributed by atoms with Crippen molar-refractivity contribution in [3.05, 3.63) is 28.0 Å². The minimum absolute atomic E-state index is 0.198. The fourth-order valence-corrected chi connectivity index (χ4v) is 1.61. The molecule has 1 aromatic rings. The molecule has 0 amide bonds. The Balaban J connectivity index is 2.86. The van der Waals surface area contributed by atoms with Gasteiger partial charge in [0.2, 0.25) is 0 Å². The van der Waals surface area contributed by atoms with E-state index in [1.165, 1.54) is 12.1 Å². The van der Waals surface area contributed by atoms with Crippen molar-refractivity contribution in [1.82, 2.24) is 0 Å². The Bertz CT molecular complexity index is 340. The van der Waals surface area contributed by atoms with Gasteiger partial charge in [-0.15, -0.1) is 0 Å². The number of hydrogen-bond acceptors (Lipinski definition) is 2. The van der Waals surface area contributed by atoms with Gasteiger partial charge in [-0.1, -0.05) is 23.2 Å². The maximum Gasteiger partial charge on any atom is 0.126 e. The molecule has 0 aliphatic carbocycles. The van der Waals surface area contributed by atoms with E-state index in [4.69, 9.17) is 23.2 Å². The summed E-state index contributed by atoms with van der Waals surface area (Å²) in [5.74, 6) is -0.487. The Kier molecular flexibility index (Phi) is 3.82. The van der Waals surface area contributed by atoms with Gasteiger partial charge < -0.3 is 10.4 Å². The van der Waals surface area contributed by atoms with Gasteiger partial charge in [-0.3, -0.25) is 0 Å². The summed E-state index contributed by atoms with van der Waals surface area (Å²) in [4.78, 5) is 0. The molecule has 1 rings (SSSR count). The van der Waals surface area contributed by atoms with Crippen molar-refractivity contribution < 1.29 is 9.50 Å². The van der Waals surface area contributed by atoms with E-state index in [1.54, 1.807) is 13.8 Å². The normalized spacial score (nSPS) is 11.6. The number of rotatable bonds is 3. The molecule has 5 heteroatoms. The van der Waals surface area contributed by atoms with E-state index in [-0.39, 0.29) is 16.6 Å². The average molecular weight is 252 g/mol. The molecule has 0 saturated carbocycles. The van der Waals surface area contributed by atoms with Crippen molar-refractivity contribution >= 4 is 28.9 Å². The van der Waals surface area contributed by atoms with E-state index < -0.39 is 11.4 Å². The first-order valence-corrected chi connectivity index (χ1v) is 5.16. The standard InChI is InChI=1S/C10H12Cl2FNO/c1-10(2,15)5-14-9-7(11)3-6(13)4-8(9)12/h3-4,14-15H,5H2,1-2H3. The summed E-state index contributed by atoms with van der Waals surface area (Å²) in [6.45, 7) is 3.56. The van der Waals surface area contributed by atoms with Crippen LogP contribution in [-0.2, 0) is 0 Å². The predicted molar refractivity (Wildman–Crippen MR) is 61.2 cm³/mol. The van der Waals surface area contributed by atoms with Crippen molar-refractivity contribution in [2.75, 3.05) is 11.9 Å².